The molecular formula is C23H22FN3O. The first-order valence-corrected chi connectivity index (χ1v) is 9.96. The van der Waals surface area contributed by atoms with Crippen molar-refractivity contribution in [3.63, 3.8) is 0 Å². The molecule has 5 heteroatoms. The molecule has 4 aliphatic rings. The molecule has 142 valence electrons. The normalized spacial score (nSPS) is 30.7. The van der Waals surface area contributed by atoms with Crippen molar-refractivity contribution in [3.05, 3.63) is 71.0 Å². The third kappa shape index (κ3) is 2.71. The van der Waals surface area contributed by atoms with E-state index in [1.807, 2.05) is 12.1 Å². The summed E-state index contributed by atoms with van der Waals surface area (Å²) in [6.45, 7) is 2.83. The molecule has 2 aromatic rings. The number of fused-ring (bicyclic) bond motifs is 2. The van der Waals surface area contributed by atoms with E-state index in [9.17, 15) is 9.18 Å². The van der Waals surface area contributed by atoms with E-state index in [1.54, 1.807) is 24.3 Å². The first-order valence-electron chi connectivity index (χ1n) is 9.96. The van der Waals surface area contributed by atoms with Gasteiger partial charge in [-0.1, -0.05) is 12.1 Å². The quantitative estimate of drug-likeness (QED) is 0.808. The fraction of sp³-hybridized carbons (Fsp3) is 0.391. The fourth-order valence-corrected chi connectivity index (χ4v) is 5.51. The number of benzene rings is 2. The van der Waals surface area contributed by atoms with Crippen LogP contribution in [0, 0.1) is 23.1 Å². The number of hydrogen-bond acceptors (Lipinski definition) is 3. The Morgan fingerprint density at radius 2 is 1.68 bits per heavy atom. The summed E-state index contributed by atoms with van der Waals surface area (Å²) >= 11 is 0. The number of carbonyl (C=O) groups excluding carboxylic acids is 1. The van der Waals surface area contributed by atoms with Crippen LogP contribution in [0.25, 0.3) is 0 Å². The zero-order chi connectivity index (χ0) is 19.3. The molecule has 4 heterocycles. The largest absolute Gasteiger partial charge is 0.333 e. The first kappa shape index (κ1) is 17.4. The van der Waals surface area contributed by atoms with Crippen LogP contribution in [0.1, 0.15) is 40.2 Å². The first-order chi connectivity index (χ1) is 13.7. The number of nitrogens with zero attached hydrogens (tertiary/aromatic N) is 3. The Labute approximate surface area is 164 Å². The van der Waals surface area contributed by atoms with Gasteiger partial charge in [-0.05, 0) is 73.8 Å². The lowest BCUT2D eigenvalue weighted by Gasteiger charge is -2.51. The van der Waals surface area contributed by atoms with Gasteiger partial charge in [-0.25, -0.2) is 4.39 Å². The van der Waals surface area contributed by atoms with Crippen molar-refractivity contribution in [2.75, 3.05) is 19.6 Å². The number of hydrogen-bond donors (Lipinski definition) is 0. The summed E-state index contributed by atoms with van der Waals surface area (Å²) < 4.78 is 13.4. The van der Waals surface area contributed by atoms with Gasteiger partial charge in [-0.2, -0.15) is 5.26 Å². The SMILES string of the molecule is N#Cc1ccc(C(=O)N2C[C@@H](c3ccc(F)cc3)[C@@H]3[C@H]2C2CCN3CC2)cc1. The van der Waals surface area contributed by atoms with Crippen molar-refractivity contribution >= 4 is 5.91 Å². The number of rotatable bonds is 2. The molecule has 28 heavy (non-hydrogen) atoms. The standard InChI is InChI=1S/C23H22FN3O/c24-19-7-5-16(6-8-19)20-14-27(21-17-9-11-26(12-10-17)22(20)21)23(28)18-3-1-15(13-25)2-4-18/h1-8,17,20-22H,9-12,14H2/t20-,21+,22+/m0/s1. The van der Waals surface area contributed by atoms with Crippen LogP contribution < -0.4 is 0 Å². The van der Waals surface area contributed by atoms with Crippen LogP contribution in [-0.2, 0) is 0 Å². The maximum absolute atomic E-state index is 13.4. The topological polar surface area (TPSA) is 47.3 Å². The Morgan fingerprint density at radius 1 is 1.00 bits per heavy atom. The molecular weight excluding hydrogens is 353 g/mol. The monoisotopic (exact) mass is 375 g/mol. The van der Waals surface area contributed by atoms with Gasteiger partial charge in [0.25, 0.3) is 5.91 Å². The van der Waals surface area contributed by atoms with E-state index in [1.165, 1.54) is 12.1 Å². The molecule has 2 aromatic carbocycles. The summed E-state index contributed by atoms with van der Waals surface area (Å²) in [6, 6.07) is 16.3. The molecule has 0 saturated carbocycles. The van der Waals surface area contributed by atoms with Gasteiger partial charge in [0.15, 0.2) is 0 Å². The number of halogens is 1. The van der Waals surface area contributed by atoms with Crippen molar-refractivity contribution in [1.82, 2.24) is 9.80 Å². The Balaban J connectivity index is 1.50. The highest BCUT2D eigenvalue weighted by Gasteiger charge is 2.54. The minimum Gasteiger partial charge on any atom is -0.333 e. The molecule has 3 atom stereocenters. The lowest BCUT2D eigenvalue weighted by molar-refractivity contribution is -0.00340. The molecule has 4 fully saturated rings. The predicted octanol–water partition coefficient (Wildman–Crippen LogP) is 3.40. The second kappa shape index (κ2) is 6.72. The minimum absolute atomic E-state index is 0.0397. The van der Waals surface area contributed by atoms with Crippen molar-refractivity contribution in [3.8, 4) is 6.07 Å². The van der Waals surface area contributed by atoms with E-state index in [0.29, 0.717) is 29.6 Å². The van der Waals surface area contributed by atoms with E-state index >= 15 is 0 Å². The van der Waals surface area contributed by atoms with Gasteiger partial charge in [0, 0.05) is 24.1 Å². The molecule has 0 radical (unpaired) electrons. The van der Waals surface area contributed by atoms with Crippen LogP contribution in [0.15, 0.2) is 48.5 Å². The van der Waals surface area contributed by atoms with Crippen molar-refractivity contribution in [2.24, 2.45) is 5.92 Å². The summed E-state index contributed by atoms with van der Waals surface area (Å²) in [5.74, 6) is 0.547. The van der Waals surface area contributed by atoms with Gasteiger partial charge in [0.2, 0.25) is 0 Å². The van der Waals surface area contributed by atoms with Gasteiger partial charge in [0.05, 0.1) is 17.7 Å². The molecule has 1 amide bonds. The zero-order valence-corrected chi connectivity index (χ0v) is 15.6. The smallest absolute Gasteiger partial charge is 0.254 e. The highest BCUT2D eigenvalue weighted by atomic mass is 19.1. The number of carbonyl (C=O) groups is 1. The van der Waals surface area contributed by atoms with Crippen LogP contribution in [0.3, 0.4) is 0 Å². The highest BCUT2D eigenvalue weighted by Crippen LogP contribution is 2.46. The molecule has 0 N–H and O–H groups in total. The van der Waals surface area contributed by atoms with Crippen LogP contribution in [-0.4, -0.2) is 47.4 Å². The van der Waals surface area contributed by atoms with E-state index < -0.39 is 0 Å². The predicted molar refractivity (Wildman–Crippen MR) is 103 cm³/mol. The average molecular weight is 375 g/mol. The molecule has 4 nitrogen and oxygen atoms in total. The molecule has 0 unspecified atom stereocenters. The van der Waals surface area contributed by atoms with Gasteiger partial charge < -0.3 is 4.90 Å². The van der Waals surface area contributed by atoms with E-state index in [0.717, 1.165) is 31.5 Å². The van der Waals surface area contributed by atoms with Gasteiger partial charge in [-0.15, -0.1) is 0 Å². The molecule has 0 spiro atoms. The van der Waals surface area contributed by atoms with E-state index in [4.69, 9.17) is 5.26 Å². The fourth-order valence-electron chi connectivity index (χ4n) is 5.51. The van der Waals surface area contributed by atoms with Crippen LogP contribution in [0.5, 0.6) is 0 Å². The van der Waals surface area contributed by atoms with E-state index in [-0.39, 0.29) is 23.7 Å². The van der Waals surface area contributed by atoms with Gasteiger partial charge >= 0.3 is 0 Å². The van der Waals surface area contributed by atoms with Gasteiger partial charge in [0.1, 0.15) is 5.82 Å². The second-order valence-corrected chi connectivity index (χ2v) is 8.16. The number of amides is 1. The number of likely N-dealkylation sites (tertiary alicyclic amines) is 1. The molecule has 4 saturated heterocycles. The molecule has 2 bridgehead atoms. The second-order valence-electron chi connectivity index (χ2n) is 8.16. The summed E-state index contributed by atoms with van der Waals surface area (Å²) in [7, 11) is 0. The Morgan fingerprint density at radius 3 is 2.32 bits per heavy atom. The Kier molecular flexibility index (Phi) is 4.17. The van der Waals surface area contributed by atoms with Crippen molar-refractivity contribution < 1.29 is 9.18 Å². The van der Waals surface area contributed by atoms with Crippen LogP contribution in [0.2, 0.25) is 0 Å². The Hall–Kier alpha value is -2.71. The lowest BCUT2D eigenvalue weighted by atomic mass is 9.75. The van der Waals surface area contributed by atoms with Crippen LogP contribution >= 0.6 is 0 Å². The van der Waals surface area contributed by atoms with Crippen molar-refractivity contribution in [1.29, 1.82) is 5.26 Å². The average Bonchev–Trinajstić information content (AvgIpc) is 3.17. The highest BCUT2D eigenvalue weighted by molar-refractivity contribution is 5.95. The number of piperidine rings is 3. The summed E-state index contributed by atoms with van der Waals surface area (Å²) in [5, 5.41) is 9.01. The summed E-state index contributed by atoms with van der Waals surface area (Å²) in [4.78, 5) is 18.0. The van der Waals surface area contributed by atoms with Crippen LogP contribution in [0.4, 0.5) is 4.39 Å². The third-order valence-electron chi connectivity index (χ3n) is 6.81. The third-order valence-corrected chi connectivity index (χ3v) is 6.81. The Bertz CT molecular complexity index is 926. The lowest BCUT2D eigenvalue weighted by Crippen LogP contribution is -2.60. The van der Waals surface area contributed by atoms with Gasteiger partial charge in [-0.3, -0.25) is 9.69 Å². The minimum atomic E-state index is -0.228. The van der Waals surface area contributed by atoms with Crippen molar-refractivity contribution in [2.45, 2.75) is 30.8 Å². The maximum Gasteiger partial charge on any atom is 0.254 e. The molecule has 4 aliphatic heterocycles. The summed E-state index contributed by atoms with van der Waals surface area (Å²) in [6.07, 6.45) is 2.27. The maximum atomic E-state index is 13.4. The molecule has 0 aromatic heterocycles. The molecule has 6 rings (SSSR count). The van der Waals surface area contributed by atoms with E-state index in [2.05, 4.69) is 15.9 Å². The molecule has 0 aliphatic carbocycles. The number of nitriles is 1. The zero-order valence-electron chi connectivity index (χ0n) is 15.6. The summed E-state index contributed by atoms with van der Waals surface area (Å²) in [5.41, 5.74) is 2.30.